The van der Waals surface area contributed by atoms with E-state index < -0.39 is 20.8 Å². The van der Waals surface area contributed by atoms with Crippen LogP contribution in [0.25, 0.3) is 0 Å². The molecule has 0 aliphatic carbocycles. The number of anilines is 1. The summed E-state index contributed by atoms with van der Waals surface area (Å²) in [5.74, 6) is -0.446. The fourth-order valence-electron chi connectivity index (χ4n) is 2.62. The number of benzene rings is 2. The molecule has 8 heteroatoms. The van der Waals surface area contributed by atoms with Crippen LogP contribution in [0.1, 0.15) is 47.8 Å². The lowest BCUT2D eigenvalue weighted by Gasteiger charge is -2.36. The summed E-state index contributed by atoms with van der Waals surface area (Å²) in [4.78, 5) is 12.6. The van der Waals surface area contributed by atoms with Crippen molar-refractivity contribution in [1.82, 2.24) is 0 Å². The number of nitriles is 1. The van der Waals surface area contributed by atoms with E-state index in [2.05, 4.69) is 39.2 Å². The molecule has 0 bridgehead atoms. The van der Waals surface area contributed by atoms with Gasteiger partial charge in [-0.3, -0.25) is 4.79 Å². The molecule has 0 saturated heterocycles. The fourth-order valence-corrected chi connectivity index (χ4v) is 3.57. The van der Waals surface area contributed by atoms with E-state index in [0.29, 0.717) is 27.9 Å². The predicted octanol–water partition coefficient (Wildman–Crippen LogP) is 6.24. The molecule has 0 radical (unpaired) electrons. The molecule has 0 heterocycles. The molecule has 2 rings (SSSR count). The molecule has 0 aliphatic rings. The van der Waals surface area contributed by atoms with Gasteiger partial charge < -0.3 is 14.5 Å². The van der Waals surface area contributed by atoms with E-state index in [4.69, 9.17) is 14.4 Å². The topological polar surface area (TPSA) is 71.4 Å². The number of ether oxygens (including phenoxy) is 1. The molecule has 0 aromatic heterocycles. The molecule has 5 nitrogen and oxygen atoms in total. The molecule has 2 aromatic carbocycles. The average molecular weight is 447 g/mol. The first-order chi connectivity index (χ1) is 14.3. The Bertz CT molecular complexity index is 995. The third kappa shape index (κ3) is 6.36. The first-order valence-corrected chi connectivity index (χ1v) is 12.8. The molecular formula is C23H28F2N2O3Si. The number of aryl methyl sites for hydroxylation is 1. The Kier molecular flexibility index (Phi) is 7.57. The van der Waals surface area contributed by atoms with Crippen LogP contribution in [-0.2, 0) is 11.0 Å². The van der Waals surface area contributed by atoms with Gasteiger partial charge in [-0.15, -0.1) is 0 Å². The second kappa shape index (κ2) is 9.58. The number of amides is 1. The minimum atomic E-state index is -3.00. The van der Waals surface area contributed by atoms with Crippen LogP contribution in [0.15, 0.2) is 36.4 Å². The summed E-state index contributed by atoms with van der Waals surface area (Å²) in [5, 5.41) is 11.6. The molecule has 0 saturated carbocycles. The standard InChI is InChI=1S/C23H28F2N2O3Si/c1-15-11-16(13-26)7-10-19(15)21(28)27-18-9-8-17(20(12-18)30-22(24)25)14-29-31(5,6)23(2,3)4/h7-12,22H,14H2,1-6H3,(H,27,28). The summed E-state index contributed by atoms with van der Waals surface area (Å²) in [6, 6.07) is 11.3. The zero-order valence-electron chi connectivity index (χ0n) is 18.7. The van der Waals surface area contributed by atoms with E-state index in [1.54, 1.807) is 37.3 Å². The van der Waals surface area contributed by atoms with Crippen LogP contribution >= 0.6 is 0 Å². The van der Waals surface area contributed by atoms with Gasteiger partial charge in [0.1, 0.15) is 5.75 Å². The van der Waals surface area contributed by atoms with Crippen LogP contribution in [0, 0.1) is 18.3 Å². The van der Waals surface area contributed by atoms with Gasteiger partial charge in [-0.2, -0.15) is 14.0 Å². The smallest absolute Gasteiger partial charge is 0.387 e. The number of halogens is 2. The quantitative estimate of drug-likeness (QED) is 0.511. The van der Waals surface area contributed by atoms with Crippen molar-refractivity contribution in [1.29, 1.82) is 5.26 Å². The van der Waals surface area contributed by atoms with Crippen molar-refractivity contribution in [2.75, 3.05) is 5.32 Å². The van der Waals surface area contributed by atoms with Gasteiger partial charge in [0.25, 0.3) is 5.91 Å². The van der Waals surface area contributed by atoms with E-state index >= 15 is 0 Å². The van der Waals surface area contributed by atoms with E-state index in [-0.39, 0.29) is 17.4 Å². The van der Waals surface area contributed by atoms with Crippen LogP contribution in [0.5, 0.6) is 5.75 Å². The minimum Gasteiger partial charge on any atom is -0.434 e. The monoisotopic (exact) mass is 446 g/mol. The van der Waals surface area contributed by atoms with Crippen molar-refractivity contribution in [3.8, 4) is 11.8 Å². The number of carbonyl (C=O) groups is 1. The molecule has 1 N–H and O–H groups in total. The van der Waals surface area contributed by atoms with Crippen LogP contribution < -0.4 is 10.1 Å². The maximum absolute atomic E-state index is 13.0. The first kappa shape index (κ1) is 24.5. The highest BCUT2D eigenvalue weighted by molar-refractivity contribution is 6.74. The van der Waals surface area contributed by atoms with Crippen molar-refractivity contribution in [2.45, 2.75) is 59.0 Å². The molecule has 0 spiro atoms. The second-order valence-electron chi connectivity index (χ2n) is 8.85. The third-order valence-electron chi connectivity index (χ3n) is 5.54. The molecule has 166 valence electrons. The van der Waals surface area contributed by atoms with Gasteiger partial charge in [0.15, 0.2) is 8.32 Å². The second-order valence-corrected chi connectivity index (χ2v) is 13.7. The van der Waals surface area contributed by atoms with Gasteiger partial charge in [0, 0.05) is 22.9 Å². The van der Waals surface area contributed by atoms with E-state index in [1.807, 2.05) is 6.07 Å². The molecule has 0 unspecified atom stereocenters. The Balaban J connectivity index is 2.24. The highest BCUT2D eigenvalue weighted by atomic mass is 28.4. The van der Waals surface area contributed by atoms with Crippen LogP contribution in [0.2, 0.25) is 18.1 Å². The summed E-state index contributed by atoms with van der Waals surface area (Å²) in [7, 11) is -2.08. The van der Waals surface area contributed by atoms with Crippen LogP contribution in [0.4, 0.5) is 14.5 Å². The molecule has 0 aliphatic heterocycles. The van der Waals surface area contributed by atoms with Crippen molar-refractivity contribution in [2.24, 2.45) is 0 Å². The van der Waals surface area contributed by atoms with Gasteiger partial charge >= 0.3 is 6.61 Å². The van der Waals surface area contributed by atoms with Crippen LogP contribution in [-0.4, -0.2) is 20.8 Å². The Labute approximate surface area is 183 Å². The average Bonchev–Trinajstić information content (AvgIpc) is 2.65. The fraction of sp³-hybridized carbons (Fsp3) is 0.391. The Hall–Kier alpha value is -2.76. The normalized spacial score (nSPS) is 11.9. The first-order valence-electron chi connectivity index (χ1n) is 9.88. The van der Waals surface area contributed by atoms with Gasteiger partial charge in [0.05, 0.1) is 18.2 Å². The summed E-state index contributed by atoms with van der Waals surface area (Å²) >= 11 is 0. The van der Waals surface area contributed by atoms with Gasteiger partial charge in [-0.05, 0) is 54.9 Å². The van der Waals surface area contributed by atoms with Gasteiger partial charge in [-0.25, -0.2) is 0 Å². The molecular weight excluding hydrogens is 418 g/mol. The van der Waals surface area contributed by atoms with Crippen molar-refractivity contribution in [3.63, 3.8) is 0 Å². The largest absolute Gasteiger partial charge is 0.434 e. The predicted molar refractivity (Wildman–Crippen MR) is 119 cm³/mol. The molecule has 2 aromatic rings. The van der Waals surface area contributed by atoms with E-state index in [1.165, 1.54) is 6.07 Å². The SMILES string of the molecule is Cc1cc(C#N)ccc1C(=O)Nc1ccc(CO[Si](C)(C)C(C)(C)C)c(OC(F)F)c1. The highest BCUT2D eigenvalue weighted by Crippen LogP contribution is 2.38. The number of carbonyl (C=O) groups excluding carboxylic acids is 1. The summed E-state index contributed by atoms with van der Waals surface area (Å²) in [6.07, 6.45) is 0. The number of rotatable bonds is 7. The number of hydrogen-bond donors (Lipinski definition) is 1. The maximum atomic E-state index is 13.0. The summed E-state index contributed by atoms with van der Waals surface area (Å²) < 4.78 is 36.8. The Morgan fingerprint density at radius 1 is 1.19 bits per heavy atom. The Morgan fingerprint density at radius 3 is 2.42 bits per heavy atom. The number of alkyl halides is 2. The van der Waals surface area contributed by atoms with Gasteiger partial charge in [-0.1, -0.05) is 26.8 Å². The molecule has 1 amide bonds. The van der Waals surface area contributed by atoms with Crippen LogP contribution in [0.3, 0.4) is 0 Å². The van der Waals surface area contributed by atoms with E-state index in [0.717, 1.165) is 0 Å². The number of hydrogen-bond acceptors (Lipinski definition) is 4. The number of nitrogens with one attached hydrogen (secondary N) is 1. The molecule has 31 heavy (non-hydrogen) atoms. The third-order valence-corrected chi connectivity index (χ3v) is 10.0. The van der Waals surface area contributed by atoms with Crippen molar-refractivity contribution >= 4 is 19.9 Å². The molecule has 0 atom stereocenters. The molecule has 0 fully saturated rings. The lowest BCUT2D eigenvalue weighted by atomic mass is 10.0. The zero-order valence-corrected chi connectivity index (χ0v) is 19.7. The summed E-state index contributed by atoms with van der Waals surface area (Å²) in [6.45, 7) is 9.31. The minimum absolute atomic E-state index is 0.0242. The van der Waals surface area contributed by atoms with Gasteiger partial charge in [0.2, 0.25) is 0 Å². The lowest BCUT2D eigenvalue weighted by molar-refractivity contribution is -0.0508. The Morgan fingerprint density at radius 2 is 1.87 bits per heavy atom. The maximum Gasteiger partial charge on any atom is 0.387 e. The van der Waals surface area contributed by atoms with E-state index in [9.17, 15) is 13.6 Å². The zero-order chi connectivity index (χ0) is 23.4. The highest BCUT2D eigenvalue weighted by Gasteiger charge is 2.37. The van der Waals surface area contributed by atoms with Crippen molar-refractivity contribution in [3.05, 3.63) is 58.7 Å². The van der Waals surface area contributed by atoms with Crippen molar-refractivity contribution < 1.29 is 22.7 Å². The lowest BCUT2D eigenvalue weighted by Crippen LogP contribution is -2.40. The summed E-state index contributed by atoms with van der Waals surface area (Å²) in [5.41, 5.74) is 2.28. The number of nitrogens with zero attached hydrogens (tertiary/aromatic N) is 1.